The monoisotopic (exact) mass is 194 g/mol. The first-order valence-electron chi connectivity index (χ1n) is 5.02. The van der Waals surface area contributed by atoms with Crippen LogP contribution < -0.4 is 5.73 Å². The maximum atomic E-state index is 5.46. The molecular formula is C10H18N4. The van der Waals surface area contributed by atoms with Crippen LogP contribution in [0.3, 0.4) is 0 Å². The molecule has 0 aliphatic heterocycles. The molecule has 0 radical (unpaired) electrons. The van der Waals surface area contributed by atoms with Crippen molar-refractivity contribution in [3.8, 4) is 0 Å². The van der Waals surface area contributed by atoms with Gasteiger partial charge in [0.25, 0.3) is 0 Å². The van der Waals surface area contributed by atoms with Crippen LogP contribution in [0.15, 0.2) is 12.4 Å². The Hall–Kier alpha value is -1.00. The van der Waals surface area contributed by atoms with Crippen LogP contribution in [-0.4, -0.2) is 28.0 Å². The smallest absolute Gasteiger partial charge is 0.142 e. The molecule has 0 amide bonds. The minimum Gasteiger partial charge on any atom is -0.326 e. The van der Waals surface area contributed by atoms with Crippen molar-refractivity contribution < 1.29 is 0 Å². The van der Waals surface area contributed by atoms with Crippen molar-refractivity contribution in [1.82, 2.24) is 14.9 Å². The van der Waals surface area contributed by atoms with Gasteiger partial charge in [-0.05, 0) is 13.1 Å². The molecule has 78 valence electrons. The number of hydrogen-bond donors (Lipinski definition) is 1. The molecule has 1 aromatic rings. The predicted octanol–water partition coefficient (Wildman–Crippen LogP) is 0.777. The van der Waals surface area contributed by atoms with E-state index in [1.807, 2.05) is 0 Å². The molecule has 1 aromatic heterocycles. The SMILES string of the molecule is CCN(CC)Cc1ncc(CN)cn1. The van der Waals surface area contributed by atoms with Crippen LogP contribution in [0.2, 0.25) is 0 Å². The van der Waals surface area contributed by atoms with Gasteiger partial charge in [0.05, 0.1) is 6.54 Å². The van der Waals surface area contributed by atoms with Crippen LogP contribution in [0.25, 0.3) is 0 Å². The molecule has 0 unspecified atom stereocenters. The van der Waals surface area contributed by atoms with E-state index in [-0.39, 0.29) is 0 Å². The molecule has 4 heteroatoms. The van der Waals surface area contributed by atoms with Crippen molar-refractivity contribution in [2.24, 2.45) is 5.73 Å². The lowest BCUT2D eigenvalue weighted by molar-refractivity contribution is 0.288. The second-order valence-corrected chi connectivity index (χ2v) is 3.17. The van der Waals surface area contributed by atoms with Gasteiger partial charge in [-0.15, -0.1) is 0 Å². The van der Waals surface area contributed by atoms with E-state index in [1.165, 1.54) is 0 Å². The van der Waals surface area contributed by atoms with E-state index in [4.69, 9.17) is 5.73 Å². The first-order valence-corrected chi connectivity index (χ1v) is 5.02. The average Bonchev–Trinajstić information content (AvgIpc) is 2.26. The normalized spacial score (nSPS) is 10.9. The summed E-state index contributed by atoms with van der Waals surface area (Å²) in [6, 6.07) is 0. The molecule has 0 saturated heterocycles. The van der Waals surface area contributed by atoms with Crippen LogP contribution in [0.5, 0.6) is 0 Å². The zero-order chi connectivity index (χ0) is 10.4. The van der Waals surface area contributed by atoms with Crippen molar-refractivity contribution in [2.45, 2.75) is 26.9 Å². The van der Waals surface area contributed by atoms with Gasteiger partial charge < -0.3 is 5.73 Å². The third-order valence-electron chi connectivity index (χ3n) is 2.25. The first-order chi connectivity index (χ1) is 6.80. The Bertz CT molecular complexity index is 253. The van der Waals surface area contributed by atoms with Gasteiger partial charge in [-0.25, -0.2) is 9.97 Å². The first kappa shape index (κ1) is 11.1. The Labute approximate surface area is 85.2 Å². The van der Waals surface area contributed by atoms with Gasteiger partial charge in [0.15, 0.2) is 0 Å². The fourth-order valence-corrected chi connectivity index (χ4v) is 1.22. The lowest BCUT2D eigenvalue weighted by atomic mass is 10.3. The van der Waals surface area contributed by atoms with Gasteiger partial charge in [0, 0.05) is 24.5 Å². The standard InChI is InChI=1S/C10H18N4/c1-3-14(4-2)8-10-12-6-9(5-11)7-13-10/h6-7H,3-5,8,11H2,1-2H3. The molecule has 0 aromatic carbocycles. The van der Waals surface area contributed by atoms with Crippen LogP contribution in [0.4, 0.5) is 0 Å². The molecule has 0 bridgehead atoms. The zero-order valence-corrected chi connectivity index (χ0v) is 8.90. The van der Waals surface area contributed by atoms with Gasteiger partial charge in [0.1, 0.15) is 5.82 Å². The fraction of sp³-hybridized carbons (Fsp3) is 0.600. The number of hydrogen-bond acceptors (Lipinski definition) is 4. The molecule has 4 nitrogen and oxygen atoms in total. The lowest BCUT2D eigenvalue weighted by Crippen LogP contribution is -2.23. The van der Waals surface area contributed by atoms with Gasteiger partial charge in [-0.1, -0.05) is 13.8 Å². The highest BCUT2D eigenvalue weighted by Gasteiger charge is 2.02. The molecule has 14 heavy (non-hydrogen) atoms. The Morgan fingerprint density at radius 1 is 1.21 bits per heavy atom. The maximum absolute atomic E-state index is 5.46. The molecule has 0 aliphatic rings. The average molecular weight is 194 g/mol. The predicted molar refractivity (Wildman–Crippen MR) is 56.5 cm³/mol. The van der Waals surface area contributed by atoms with E-state index in [0.717, 1.165) is 31.0 Å². The van der Waals surface area contributed by atoms with E-state index in [1.54, 1.807) is 12.4 Å². The molecule has 0 aliphatic carbocycles. The van der Waals surface area contributed by atoms with Gasteiger partial charge in [0.2, 0.25) is 0 Å². The van der Waals surface area contributed by atoms with Crippen LogP contribution in [0.1, 0.15) is 25.2 Å². The van der Waals surface area contributed by atoms with Gasteiger partial charge >= 0.3 is 0 Å². The molecule has 0 spiro atoms. The maximum Gasteiger partial charge on any atom is 0.142 e. The summed E-state index contributed by atoms with van der Waals surface area (Å²) in [7, 11) is 0. The highest BCUT2D eigenvalue weighted by molar-refractivity contribution is 5.04. The summed E-state index contributed by atoms with van der Waals surface area (Å²) < 4.78 is 0. The summed E-state index contributed by atoms with van der Waals surface area (Å²) >= 11 is 0. The molecule has 1 heterocycles. The number of nitrogens with two attached hydrogens (primary N) is 1. The van der Waals surface area contributed by atoms with E-state index in [2.05, 4.69) is 28.7 Å². The number of nitrogens with zero attached hydrogens (tertiary/aromatic N) is 3. The third kappa shape index (κ3) is 3.05. The minimum atomic E-state index is 0.506. The highest BCUT2D eigenvalue weighted by Crippen LogP contribution is 1.99. The Morgan fingerprint density at radius 2 is 1.79 bits per heavy atom. The van der Waals surface area contributed by atoms with Crippen molar-refractivity contribution in [3.63, 3.8) is 0 Å². The topological polar surface area (TPSA) is 55.0 Å². The second kappa shape index (κ2) is 5.67. The number of rotatable bonds is 5. The summed E-state index contributed by atoms with van der Waals surface area (Å²) in [5.41, 5.74) is 6.44. The molecule has 0 fully saturated rings. The Balaban J connectivity index is 2.58. The van der Waals surface area contributed by atoms with E-state index in [0.29, 0.717) is 6.54 Å². The van der Waals surface area contributed by atoms with Crippen molar-refractivity contribution >= 4 is 0 Å². The second-order valence-electron chi connectivity index (χ2n) is 3.17. The van der Waals surface area contributed by atoms with Crippen molar-refractivity contribution in [1.29, 1.82) is 0 Å². The summed E-state index contributed by atoms with van der Waals surface area (Å²) in [4.78, 5) is 10.8. The fourth-order valence-electron chi connectivity index (χ4n) is 1.22. The molecular weight excluding hydrogens is 176 g/mol. The number of aromatic nitrogens is 2. The van der Waals surface area contributed by atoms with Crippen LogP contribution >= 0.6 is 0 Å². The van der Waals surface area contributed by atoms with Crippen LogP contribution in [0, 0.1) is 0 Å². The van der Waals surface area contributed by atoms with E-state index < -0.39 is 0 Å². The van der Waals surface area contributed by atoms with Gasteiger partial charge in [-0.2, -0.15) is 0 Å². The van der Waals surface area contributed by atoms with E-state index >= 15 is 0 Å². The van der Waals surface area contributed by atoms with Gasteiger partial charge in [-0.3, -0.25) is 4.90 Å². The third-order valence-corrected chi connectivity index (χ3v) is 2.25. The van der Waals surface area contributed by atoms with E-state index in [9.17, 15) is 0 Å². The largest absolute Gasteiger partial charge is 0.326 e. The summed E-state index contributed by atoms with van der Waals surface area (Å²) in [6.07, 6.45) is 3.59. The minimum absolute atomic E-state index is 0.506. The van der Waals surface area contributed by atoms with Crippen LogP contribution in [-0.2, 0) is 13.1 Å². The summed E-state index contributed by atoms with van der Waals surface area (Å²) in [6.45, 7) is 7.65. The van der Waals surface area contributed by atoms with Crippen molar-refractivity contribution in [2.75, 3.05) is 13.1 Å². The molecule has 0 saturated carbocycles. The summed E-state index contributed by atoms with van der Waals surface area (Å²) in [5.74, 6) is 0.867. The lowest BCUT2D eigenvalue weighted by Gasteiger charge is -2.16. The highest BCUT2D eigenvalue weighted by atomic mass is 15.1. The summed E-state index contributed by atoms with van der Waals surface area (Å²) in [5, 5.41) is 0. The Morgan fingerprint density at radius 3 is 2.21 bits per heavy atom. The zero-order valence-electron chi connectivity index (χ0n) is 8.90. The molecule has 0 atom stereocenters. The molecule has 2 N–H and O–H groups in total. The quantitative estimate of drug-likeness (QED) is 0.752. The molecule has 1 rings (SSSR count). The Kier molecular flexibility index (Phi) is 4.49. The van der Waals surface area contributed by atoms with Crippen molar-refractivity contribution in [3.05, 3.63) is 23.8 Å².